The van der Waals surface area contributed by atoms with Crippen LogP contribution in [0.5, 0.6) is 5.75 Å². The fourth-order valence-corrected chi connectivity index (χ4v) is 1.83. The van der Waals surface area contributed by atoms with Crippen molar-refractivity contribution in [2.75, 3.05) is 6.61 Å². The summed E-state index contributed by atoms with van der Waals surface area (Å²) in [4.78, 5) is 0. The van der Waals surface area contributed by atoms with Crippen LogP contribution in [-0.4, -0.2) is 11.7 Å². The van der Waals surface area contributed by atoms with E-state index in [9.17, 15) is 5.11 Å². The standard InChI is InChI=1S/C12H10BrClO3/c13-12-6-5-11(17-12)9(15)7-16-10-4-2-1-3-8(10)14/h1-6,9,15H,7H2. The first kappa shape index (κ1) is 12.5. The second-order valence-electron chi connectivity index (χ2n) is 3.40. The zero-order valence-corrected chi connectivity index (χ0v) is 11.1. The van der Waals surface area contributed by atoms with Crippen LogP contribution in [0.15, 0.2) is 45.5 Å². The predicted molar refractivity (Wildman–Crippen MR) is 68.3 cm³/mol. The first-order valence-electron chi connectivity index (χ1n) is 4.97. The number of benzene rings is 1. The Kier molecular flexibility index (Phi) is 4.10. The van der Waals surface area contributed by atoms with Crippen LogP contribution in [-0.2, 0) is 0 Å². The van der Waals surface area contributed by atoms with Gasteiger partial charge in [0.2, 0.25) is 0 Å². The Morgan fingerprint density at radius 2 is 2.06 bits per heavy atom. The molecular formula is C12H10BrClO3. The monoisotopic (exact) mass is 316 g/mol. The molecule has 5 heteroatoms. The van der Waals surface area contributed by atoms with Crippen molar-refractivity contribution < 1.29 is 14.3 Å². The van der Waals surface area contributed by atoms with E-state index in [1.165, 1.54) is 0 Å². The Bertz CT molecular complexity index is 498. The molecule has 1 atom stereocenters. The van der Waals surface area contributed by atoms with Crippen molar-refractivity contribution in [2.45, 2.75) is 6.10 Å². The number of halogens is 2. The number of furan rings is 1. The normalized spacial score (nSPS) is 12.4. The molecule has 0 aliphatic carbocycles. The van der Waals surface area contributed by atoms with E-state index < -0.39 is 6.10 Å². The van der Waals surface area contributed by atoms with Gasteiger partial charge in [0, 0.05) is 0 Å². The third-order valence-corrected chi connectivity index (χ3v) is 2.89. The SMILES string of the molecule is OC(COc1ccccc1Cl)c1ccc(Br)o1. The molecule has 0 saturated carbocycles. The van der Waals surface area contributed by atoms with Crippen LogP contribution in [0.3, 0.4) is 0 Å². The molecule has 0 spiro atoms. The Balaban J connectivity index is 1.97. The minimum Gasteiger partial charge on any atom is -0.489 e. The minimum atomic E-state index is -0.822. The summed E-state index contributed by atoms with van der Waals surface area (Å²) in [6.07, 6.45) is -0.822. The summed E-state index contributed by atoms with van der Waals surface area (Å²) in [5, 5.41) is 10.3. The molecular weight excluding hydrogens is 307 g/mol. The fourth-order valence-electron chi connectivity index (χ4n) is 1.32. The summed E-state index contributed by atoms with van der Waals surface area (Å²) in [5.74, 6) is 0.989. The van der Waals surface area contributed by atoms with Crippen LogP contribution in [0.2, 0.25) is 5.02 Å². The molecule has 1 N–H and O–H groups in total. The van der Waals surface area contributed by atoms with Crippen LogP contribution in [0, 0.1) is 0 Å². The van der Waals surface area contributed by atoms with E-state index in [4.69, 9.17) is 20.8 Å². The molecule has 3 nitrogen and oxygen atoms in total. The average molecular weight is 318 g/mol. The summed E-state index contributed by atoms with van der Waals surface area (Å²) >= 11 is 9.09. The van der Waals surface area contributed by atoms with Crippen LogP contribution in [0.25, 0.3) is 0 Å². The van der Waals surface area contributed by atoms with Gasteiger partial charge in [0.15, 0.2) is 4.67 Å². The van der Waals surface area contributed by atoms with Crippen molar-refractivity contribution in [3.63, 3.8) is 0 Å². The lowest BCUT2D eigenvalue weighted by Gasteiger charge is -2.11. The van der Waals surface area contributed by atoms with Crippen LogP contribution < -0.4 is 4.74 Å². The van der Waals surface area contributed by atoms with Crippen molar-refractivity contribution in [2.24, 2.45) is 0 Å². The fraction of sp³-hybridized carbons (Fsp3) is 0.167. The summed E-state index contributed by atoms with van der Waals surface area (Å²) in [6, 6.07) is 10.5. The molecule has 0 saturated heterocycles. The Morgan fingerprint density at radius 1 is 1.29 bits per heavy atom. The third kappa shape index (κ3) is 3.25. The van der Waals surface area contributed by atoms with Crippen LogP contribution >= 0.6 is 27.5 Å². The topological polar surface area (TPSA) is 42.6 Å². The van der Waals surface area contributed by atoms with Crippen molar-refractivity contribution in [3.8, 4) is 5.75 Å². The average Bonchev–Trinajstić information content (AvgIpc) is 2.74. The molecule has 0 bridgehead atoms. The molecule has 1 heterocycles. The van der Waals surface area contributed by atoms with Crippen LogP contribution in [0.1, 0.15) is 11.9 Å². The number of rotatable bonds is 4. The molecule has 90 valence electrons. The highest BCUT2D eigenvalue weighted by Crippen LogP contribution is 2.25. The molecule has 1 unspecified atom stereocenters. The number of aliphatic hydroxyl groups excluding tert-OH is 1. The largest absolute Gasteiger partial charge is 0.489 e. The van der Waals surface area contributed by atoms with E-state index in [1.807, 2.05) is 12.1 Å². The second-order valence-corrected chi connectivity index (χ2v) is 4.59. The molecule has 1 aromatic heterocycles. The van der Waals surface area contributed by atoms with Gasteiger partial charge in [-0.25, -0.2) is 0 Å². The van der Waals surface area contributed by atoms with Gasteiger partial charge in [-0.3, -0.25) is 0 Å². The molecule has 2 rings (SSSR count). The number of ether oxygens (including phenoxy) is 1. The third-order valence-electron chi connectivity index (χ3n) is 2.16. The van der Waals surface area contributed by atoms with E-state index in [2.05, 4.69) is 15.9 Å². The van der Waals surface area contributed by atoms with Crippen LogP contribution in [0.4, 0.5) is 0 Å². The number of aliphatic hydroxyl groups is 1. The van der Waals surface area contributed by atoms with E-state index >= 15 is 0 Å². The van der Waals surface area contributed by atoms with Gasteiger partial charge >= 0.3 is 0 Å². The number of hydrogen-bond donors (Lipinski definition) is 1. The smallest absolute Gasteiger partial charge is 0.169 e. The lowest BCUT2D eigenvalue weighted by molar-refractivity contribution is 0.0880. The lowest BCUT2D eigenvalue weighted by atomic mass is 10.3. The Hall–Kier alpha value is -0.970. The number of para-hydroxylation sites is 1. The van der Waals surface area contributed by atoms with E-state index in [0.717, 1.165) is 0 Å². The van der Waals surface area contributed by atoms with E-state index in [-0.39, 0.29) is 6.61 Å². The molecule has 0 fully saturated rings. The van der Waals surface area contributed by atoms with Crippen molar-refractivity contribution in [1.82, 2.24) is 0 Å². The second kappa shape index (κ2) is 5.58. The first-order chi connectivity index (χ1) is 8.16. The van der Waals surface area contributed by atoms with Crippen molar-refractivity contribution in [3.05, 3.63) is 51.9 Å². The van der Waals surface area contributed by atoms with Crippen molar-refractivity contribution >= 4 is 27.5 Å². The van der Waals surface area contributed by atoms with Gasteiger partial charge in [0.25, 0.3) is 0 Å². The zero-order chi connectivity index (χ0) is 12.3. The predicted octanol–water partition coefficient (Wildman–Crippen LogP) is 3.81. The first-order valence-corrected chi connectivity index (χ1v) is 6.14. The maximum absolute atomic E-state index is 9.80. The van der Waals surface area contributed by atoms with Gasteiger partial charge in [0.05, 0.1) is 5.02 Å². The molecule has 2 aromatic rings. The minimum absolute atomic E-state index is 0.0870. The maximum Gasteiger partial charge on any atom is 0.169 e. The quantitative estimate of drug-likeness (QED) is 0.932. The van der Waals surface area contributed by atoms with E-state index in [1.54, 1.807) is 24.3 Å². The Morgan fingerprint density at radius 3 is 2.71 bits per heavy atom. The lowest BCUT2D eigenvalue weighted by Crippen LogP contribution is -2.08. The summed E-state index contributed by atoms with van der Waals surface area (Å²) in [6.45, 7) is 0.0870. The molecule has 0 aliphatic heterocycles. The zero-order valence-electron chi connectivity index (χ0n) is 8.77. The van der Waals surface area contributed by atoms with E-state index in [0.29, 0.717) is 21.2 Å². The highest BCUT2D eigenvalue weighted by molar-refractivity contribution is 9.10. The summed E-state index contributed by atoms with van der Waals surface area (Å²) in [7, 11) is 0. The number of hydrogen-bond acceptors (Lipinski definition) is 3. The van der Waals surface area contributed by atoms with Gasteiger partial charge in [-0.15, -0.1) is 0 Å². The summed E-state index contributed by atoms with van der Waals surface area (Å²) < 4.78 is 11.2. The molecule has 17 heavy (non-hydrogen) atoms. The van der Waals surface area contributed by atoms with Gasteiger partial charge < -0.3 is 14.3 Å². The molecule has 0 radical (unpaired) electrons. The Labute approximate surface area is 112 Å². The highest BCUT2D eigenvalue weighted by Gasteiger charge is 2.13. The molecule has 0 aliphatic rings. The van der Waals surface area contributed by atoms with Gasteiger partial charge in [-0.2, -0.15) is 0 Å². The van der Waals surface area contributed by atoms with Crippen molar-refractivity contribution in [1.29, 1.82) is 0 Å². The maximum atomic E-state index is 9.80. The van der Waals surface area contributed by atoms with Gasteiger partial charge in [-0.1, -0.05) is 23.7 Å². The molecule has 0 amide bonds. The summed E-state index contributed by atoms with van der Waals surface area (Å²) in [5.41, 5.74) is 0. The van der Waals surface area contributed by atoms with Gasteiger partial charge in [0.1, 0.15) is 24.2 Å². The van der Waals surface area contributed by atoms with Gasteiger partial charge in [-0.05, 0) is 40.2 Å². The highest BCUT2D eigenvalue weighted by atomic mass is 79.9. The molecule has 1 aromatic carbocycles.